The summed E-state index contributed by atoms with van der Waals surface area (Å²) in [5, 5.41) is 2.32. The smallest absolute Gasteiger partial charge is 0.376 e. The molecule has 1 saturated heterocycles. The van der Waals surface area contributed by atoms with E-state index in [9.17, 15) is 18.0 Å². The monoisotopic (exact) mass is 350 g/mol. The van der Waals surface area contributed by atoms with Gasteiger partial charge in [-0.2, -0.15) is 13.2 Å². The molecule has 1 aromatic rings. The molecule has 128 valence electrons. The van der Waals surface area contributed by atoms with E-state index in [1.54, 1.807) is 6.92 Å². The van der Waals surface area contributed by atoms with Crippen molar-refractivity contribution in [2.75, 3.05) is 25.0 Å². The summed E-state index contributed by atoms with van der Waals surface area (Å²) in [5.41, 5.74) is -1.25. The van der Waals surface area contributed by atoms with Crippen molar-refractivity contribution in [3.8, 4) is 0 Å². The zero-order valence-electron chi connectivity index (χ0n) is 12.8. The molecular weight excluding hydrogens is 333 g/mol. The maximum Gasteiger partial charge on any atom is 0.418 e. The molecule has 1 heterocycles. The normalized spacial score (nSPS) is 21.0. The summed E-state index contributed by atoms with van der Waals surface area (Å²) in [6.07, 6.45) is -4.61. The van der Waals surface area contributed by atoms with E-state index < -0.39 is 23.7 Å². The molecule has 1 fully saturated rings. The fourth-order valence-corrected chi connectivity index (χ4v) is 2.63. The molecule has 0 bridgehead atoms. The van der Waals surface area contributed by atoms with E-state index in [0.29, 0.717) is 19.7 Å². The Kier molecular flexibility index (Phi) is 5.54. The average Bonchev–Trinajstić information content (AvgIpc) is 2.47. The molecule has 1 aliphatic rings. The minimum atomic E-state index is -4.59. The second-order valence-corrected chi connectivity index (χ2v) is 5.97. The number of carbonyl (C=O) groups is 1. The summed E-state index contributed by atoms with van der Waals surface area (Å²) in [6, 6.07) is 2.72. The standard InChI is InChI=1S/C15H18ClF3N2O2/c1-9-8-21(5-6-23-9)10(2)14(22)20-13-4-3-11(16)7-12(13)15(17,18)19/h3-4,7,9-10H,5-6,8H2,1-2H3,(H,20,22)/t9-,10+/m1/s1. The molecule has 8 heteroatoms. The number of anilines is 1. The largest absolute Gasteiger partial charge is 0.418 e. The van der Waals surface area contributed by atoms with Crippen molar-refractivity contribution in [1.82, 2.24) is 4.90 Å². The number of halogens is 4. The van der Waals surface area contributed by atoms with Crippen molar-refractivity contribution in [2.24, 2.45) is 0 Å². The third-order valence-electron chi connectivity index (χ3n) is 3.74. The Labute approximate surface area is 137 Å². The Morgan fingerprint density at radius 3 is 2.78 bits per heavy atom. The summed E-state index contributed by atoms with van der Waals surface area (Å²) in [4.78, 5) is 14.2. The van der Waals surface area contributed by atoms with Crippen LogP contribution in [0.1, 0.15) is 19.4 Å². The van der Waals surface area contributed by atoms with Crippen LogP contribution in [0.5, 0.6) is 0 Å². The van der Waals surface area contributed by atoms with Gasteiger partial charge in [0.2, 0.25) is 5.91 Å². The van der Waals surface area contributed by atoms with E-state index >= 15 is 0 Å². The fourth-order valence-electron chi connectivity index (χ4n) is 2.46. The van der Waals surface area contributed by atoms with Crippen LogP contribution in [-0.4, -0.2) is 42.6 Å². The van der Waals surface area contributed by atoms with E-state index in [-0.39, 0.29) is 16.8 Å². The first-order valence-corrected chi connectivity index (χ1v) is 7.59. The highest BCUT2D eigenvalue weighted by Crippen LogP contribution is 2.36. The van der Waals surface area contributed by atoms with Crippen LogP contribution in [-0.2, 0) is 15.7 Å². The summed E-state index contributed by atoms with van der Waals surface area (Å²) in [7, 11) is 0. The summed E-state index contributed by atoms with van der Waals surface area (Å²) in [5.74, 6) is -0.494. The van der Waals surface area contributed by atoms with E-state index in [2.05, 4.69) is 5.32 Å². The number of amides is 1. The predicted molar refractivity (Wildman–Crippen MR) is 81.5 cm³/mol. The second kappa shape index (κ2) is 7.07. The topological polar surface area (TPSA) is 41.6 Å². The Morgan fingerprint density at radius 2 is 2.17 bits per heavy atom. The van der Waals surface area contributed by atoms with Gasteiger partial charge < -0.3 is 10.1 Å². The SMILES string of the molecule is C[C@@H]1CN([C@@H](C)C(=O)Nc2ccc(Cl)cc2C(F)(F)F)CCO1. The first-order chi connectivity index (χ1) is 10.7. The molecule has 0 radical (unpaired) electrons. The molecule has 0 unspecified atom stereocenters. The number of hydrogen-bond donors (Lipinski definition) is 1. The number of rotatable bonds is 3. The lowest BCUT2D eigenvalue weighted by molar-refractivity contribution is -0.137. The van der Waals surface area contributed by atoms with Gasteiger partial charge in [0, 0.05) is 18.1 Å². The molecule has 1 amide bonds. The van der Waals surface area contributed by atoms with Gasteiger partial charge in [-0.1, -0.05) is 11.6 Å². The van der Waals surface area contributed by atoms with Crippen LogP contribution in [0.15, 0.2) is 18.2 Å². The predicted octanol–water partition coefficient (Wildman–Crippen LogP) is 3.41. The maximum absolute atomic E-state index is 13.0. The Hall–Kier alpha value is -1.31. The van der Waals surface area contributed by atoms with Crippen molar-refractivity contribution in [2.45, 2.75) is 32.2 Å². The minimum Gasteiger partial charge on any atom is -0.376 e. The van der Waals surface area contributed by atoms with Crippen LogP contribution in [0.4, 0.5) is 18.9 Å². The molecule has 0 spiro atoms. The summed E-state index contributed by atoms with van der Waals surface area (Å²) < 4.78 is 44.5. The van der Waals surface area contributed by atoms with E-state index in [4.69, 9.17) is 16.3 Å². The van der Waals surface area contributed by atoms with Gasteiger partial charge in [0.1, 0.15) is 0 Å². The van der Waals surface area contributed by atoms with Gasteiger partial charge in [0.15, 0.2) is 0 Å². The number of nitrogens with one attached hydrogen (secondary N) is 1. The third kappa shape index (κ3) is 4.59. The number of nitrogens with zero attached hydrogens (tertiary/aromatic N) is 1. The van der Waals surface area contributed by atoms with Crippen LogP contribution in [0.2, 0.25) is 5.02 Å². The number of alkyl halides is 3. The zero-order chi connectivity index (χ0) is 17.2. The first-order valence-electron chi connectivity index (χ1n) is 7.21. The summed E-state index contributed by atoms with van der Waals surface area (Å²) >= 11 is 5.62. The highest BCUT2D eigenvalue weighted by Gasteiger charge is 2.35. The highest BCUT2D eigenvalue weighted by molar-refractivity contribution is 6.30. The van der Waals surface area contributed by atoms with Crippen LogP contribution in [0.25, 0.3) is 0 Å². The third-order valence-corrected chi connectivity index (χ3v) is 3.98. The summed E-state index contributed by atoms with van der Waals surface area (Å²) in [6.45, 7) is 5.16. The van der Waals surface area contributed by atoms with Crippen LogP contribution < -0.4 is 5.32 Å². The Balaban J connectivity index is 2.14. The average molecular weight is 351 g/mol. The molecule has 4 nitrogen and oxygen atoms in total. The zero-order valence-corrected chi connectivity index (χ0v) is 13.5. The molecule has 1 aromatic carbocycles. The van der Waals surface area contributed by atoms with Gasteiger partial charge in [-0.3, -0.25) is 9.69 Å². The van der Waals surface area contributed by atoms with Gasteiger partial charge in [-0.15, -0.1) is 0 Å². The fraction of sp³-hybridized carbons (Fsp3) is 0.533. The molecular formula is C15H18ClF3N2O2. The van der Waals surface area contributed by atoms with Crippen molar-refractivity contribution in [1.29, 1.82) is 0 Å². The Bertz CT molecular complexity index is 580. The minimum absolute atomic E-state index is 0.0136. The number of ether oxygens (including phenoxy) is 1. The van der Waals surface area contributed by atoms with Crippen molar-refractivity contribution in [3.63, 3.8) is 0 Å². The van der Waals surface area contributed by atoms with Crippen molar-refractivity contribution >= 4 is 23.2 Å². The van der Waals surface area contributed by atoms with E-state index in [1.165, 1.54) is 6.07 Å². The van der Waals surface area contributed by atoms with Crippen LogP contribution in [0, 0.1) is 0 Å². The molecule has 2 atom stereocenters. The lowest BCUT2D eigenvalue weighted by atomic mass is 10.1. The molecule has 2 rings (SSSR count). The molecule has 1 aliphatic heterocycles. The second-order valence-electron chi connectivity index (χ2n) is 5.53. The van der Waals surface area contributed by atoms with Crippen LogP contribution >= 0.6 is 11.6 Å². The molecule has 0 aromatic heterocycles. The lowest BCUT2D eigenvalue weighted by Gasteiger charge is -2.34. The lowest BCUT2D eigenvalue weighted by Crippen LogP contribution is -2.50. The van der Waals surface area contributed by atoms with Crippen molar-refractivity contribution in [3.05, 3.63) is 28.8 Å². The Morgan fingerprint density at radius 1 is 1.48 bits per heavy atom. The van der Waals surface area contributed by atoms with Crippen LogP contribution in [0.3, 0.4) is 0 Å². The van der Waals surface area contributed by atoms with Crippen molar-refractivity contribution < 1.29 is 22.7 Å². The molecule has 0 saturated carbocycles. The highest BCUT2D eigenvalue weighted by atomic mass is 35.5. The molecule has 1 N–H and O–H groups in total. The van der Waals surface area contributed by atoms with Gasteiger partial charge in [0.25, 0.3) is 0 Å². The van der Waals surface area contributed by atoms with Gasteiger partial charge in [-0.05, 0) is 32.0 Å². The molecule has 0 aliphatic carbocycles. The van der Waals surface area contributed by atoms with Gasteiger partial charge >= 0.3 is 6.18 Å². The number of carbonyl (C=O) groups excluding carboxylic acids is 1. The maximum atomic E-state index is 13.0. The van der Waals surface area contributed by atoms with Gasteiger partial charge in [-0.25, -0.2) is 0 Å². The van der Waals surface area contributed by atoms with Gasteiger partial charge in [0.05, 0.1) is 30.0 Å². The first kappa shape index (κ1) is 18.0. The molecule has 23 heavy (non-hydrogen) atoms. The van der Waals surface area contributed by atoms with E-state index in [1.807, 2.05) is 11.8 Å². The number of morpholine rings is 1. The number of benzene rings is 1. The number of hydrogen-bond acceptors (Lipinski definition) is 3. The quantitative estimate of drug-likeness (QED) is 0.908. The van der Waals surface area contributed by atoms with E-state index in [0.717, 1.165) is 12.1 Å².